The first-order valence-electron chi connectivity index (χ1n) is 7.22. The highest BCUT2D eigenvalue weighted by molar-refractivity contribution is 6.30. The summed E-state index contributed by atoms with van der Waals surface area (Å²) < 4.78 is 16.8. The maximum absolute atomic E-state index is 12.2. The maximum atomic E-state index is 12.2. The van der Waals surface area contributed by atoms with E-state index in [9.17, 15) is 4.79 Å². The van der Waals surface area contributed by atoms with E-state index in [0.29, 0.717) is 10.8 Å². The molecule has 2 aromatic carbocycles. The largest absolute Gasteiger partial charge is 0.464 e. The summed E-state index contributed by atoms with van der Waals surface area (Å²) in [5.74, 6) is -1.60. The Hall–Kier alpha value is -2.04. The lowest BCUT2D eigenvalue weighted by molar-refractivity contribution is -0.251. The second-order valence-electron chi connectivity index (χ2n) is 5.68. The van der Waals surface area contributed by atoms with E-state index in [2.05, 4.69) is 0 Å². The Morgan fingerprint density at radius 2 is 1.83 bits per heavy atom. The smallest absolute Gasteiger partial charge is 0.379 e. The van der Waals surface area contributed by atoms with Gasteiger partial charge in [-0.2, -0.15) is 0 Å². The molecule has 0 aromatic heterocycles. The molecule has 0 radical (unpaired) electrons. The number of benzene rings is 2. The van der Waals surface area contributed by atoms with E-state index in [0.717, 1.165) is 11.1 Å². The Morgan fingerprint density at radius 1 is 1.13 bits per heavy atom. The van der Waals surface area contributed by atoms with E-state index >= 15 is 0 Å². The van der Waals surface area contributed by atoms with Gasteiger partial charge in [-0.3, -0.25) is 0 Å². The molecule has 2 aromatic rings. The molecule has 2 unspecified atom stereocenters. The van der Waals surface area contributed by atoms with Crippen LogP contribution < -0.4 is 4.74 Å². The van der Waals surface area contributed by atoms with Crippen molar-refractivity contribution in [3.8, 4) is 5.75 Å². The van der Waals surface area contributed by atoms with Crippen molar-refractivity contribution in [2.45, 2.75) is 25.2 Å². The predicted molar refractivity (Wildman–Crippen MR) is 86.5 cm³/mol. The van der Waals surface area contributed by atoms with Crippen molar-refractivity contribution in [2.24, 2.45) is 0 Å². The Balaban J connectivity index is 2.21. The lowest BCUT2D eigenvalue weighted by Gasteiger charge is -2.44. The molecule has 120 valence electrons. The highest BCUT2D eigenvalue weighted by Crippen LogP contribution is 2.47. The van der Waals surface area contributed by atoms with Gasteiger partial charge in [0.15, 0.2) is 0 Å². The molecule has 0 aliphatic carbocycles. The van der Waals surface area contributed by atoms with Gasteiger partial charge in [0.05, 0.1) is 7.11 Å². The Labute approximate surface area is 139 Å². The van der Waals surface area contributed by atoms with E-state index in [1.54, 1.807) is 25.1 Å². The number of esters is 1. The summed E-state index contributed by atoms with van der Waals surface area (Å²) in [6.07, 6.45) is 0. The average Bonchev–Trinajstić information content (AvgIpc) is 2.55. The standard InChI is InChI=1S/C18H17ClO4/c1-17(12-7-5-4-6-8-12)14-11-13(19)9-10-15(14)22-18(2,23-17)16(20)21-3/h4-11H,1-3H3. The summed E-state index contributed by atoms with van der Waals surface area (Å²) in [7, 11) is 1.30. The number of fused-ring (bicyclic) bond motifs is 1. The van der Waals surface area contributed by atoms with Gasteiger partial charge in [-0.25, -0.2) is 4.79 Å². The van der Waals surface area contributed by atoms with E-state index in [-0.39, 0.29) is 0 Å². The van der Waals surface area contributed by atoms with E-state index in [4.69, 9.17) is 25.8 Å². The topological polar surface area (TPSA) is 44.8 Å². The zero-order valence-electron chi connectivity index (χ0n) is 13.1. The Bertz CT molecular complexity index is 746. The van der Waals surface area contributed by atoms with Crippen LogP contribution in [0.5, 0.6) is 5.75 Å². The van der Waals surface area contributed by atoms with Crippen LogP contribution in [0.25, 0.3) is 0 Å². The predicted octanol–water partition coefficient (Wildman–Crippen LogP) is 3.90. The highest BCUT2D eigenvalue weighted by atomic mass is 35.5. The average molecular weight is 333 g/mol. The van der Waals surface area contributed by atoms with Crippen molar-refractivity contribution < 1.29 is 19.0 Å². The highest BCUT2D eigenvalue weighted by Gasteiger charge is 2.51. The molecule has 0 bridgehead atoms. The van der Waals surface area contributed by atoms with Crippen LogP contribution in [0.1, 0.15) is 25.0 Å². The first-order chi connectivity index (χ1) is 10.9. The van der Waals surface area contributed by atoms with Gasteiger partial charge in [0.25, 0.3) is 0 Å². The zero-order chi connectivity index (χ0) is 16.7. The summed E-state index contributed by atoms with van der Waals surface area (Å²) in [5.41, 5.74) is 0.752. The molecule has 0 saturated carbocycles. The van der Waals surface area contributed by atoms with Gasteiger partial charge in [-0.05, 0) is 30.7 Å². The molecule has 4 nitrogen and oxygen atoms in total. The van der Waals surface area contributed by atoms with Crippen molar-refractivity contribution >= 4 is 17.6 Å². The fourth-order valence-corrected chi connectivity index (χ4v) is 3.05. The first kappa shape index (κ1) is 15.8. The van der Waals surface area contributed by atoms with Crippen LogP contribution in [0.2, 0.25) is 5.02 Å². The quantitative estimate of drug-likeness (QED) is 0.782. The van der Waals surface area contributed by atoms with Gasteiger partial charge in [-0.1, -0.05) is 41.9 Å². The van der Waals surface area contributed by atoms with Crippen molar-refractivity contribution in [3.63, 3.8) is 0 Å². The number of carbonyl (C=O) groups is 1. The Morgan fingerprint density at radius 3 is 2.48 bits per heavy atom. The van der Waals surface area contributed by atoms with Crippen LogP contribution >= 0.6 is 11.6 Å². The van der Waals surface area contributed by atoms with Crippen LogP contribution in [0.15, 0.2) is 48.5 Å². The molecule has 3 rings (SSSR count). The maximum Gasteiger partial charge on any atom is 0.379 e. The van der Waals surface area contributed by atoms with Gasteiger partial charge in [-0.15, -0.1) is 0 Å². The summed E-state index contributed by atoms with van der Waals surface area (Å²) in [4.78, 5) is 12.2. The van der Waals surface area contributed by atoms with Crippen LogP contribution in [-0.2, 0) is 19.9 Å². The summed E-state index contributed by atoms with van der Waals surface area (Å²) >= 11 is 6.15. The lowest BCUT2D eigenvalue weighted by Crippen LogP contribution is -2.53. The number of methoxy groups -OCH3 is 1. The second kappa shape index (κ2) is 5.55. The van der Waals surface area contributed by atoms with Crippen molar-refractivity contribution in [1.29, 1.82) is 0 Å². The number of hydrogen-bond donors (Lipinski definition) is 0. The molecular formula is C18H17ClO4. The molecule has 1 aliphatic heterocycles. The van der Waals surface area contributed by atoms with Crippen molar-refractivity contribution in [3.05, 3.63) is 64.7 Å². The normalized spacial score (nSPS) is 26.1. The summed E-state index contributed by atoms with van der Waals surface area (Å²) in [6, 6.07) is 14.9. The molecule has 23 heavy (non-hydrogen) atoms. The third-order valence-electron chi connectivity index (χ3n) is 4.04. The van der Waals surface area contributed by atoms with Crippen LogP contribution in [0.3, 0.4) is 0 Å². The lowest BCUT2D eigenvalue weighted by atomic mass is 9.86. The van der Waals surface area contributed by atoms with Crippen molar-refractivity contribution in [1.82, 2.24) is 0 Å². The molecule has 0 saturated heterocycles. The third-order valence-corrected chi connectivity index (χ3v) is 4.28. The van der Waals surface area contributed by atoms with Crippen molar-refractivity contribution in [2.75, 3.05) is 7.11 Å². The number of carbonyl (C=O) groups excluding carboxylic acids is 1. The van der Waals surface area contributed by atoms with E-state index in [1.165, 1.54) is 7.11 Å². The van der Waals surface area contributed by atoms with Gasteiger partial charge in [0, 0.05) is 17.5 Å². The third kappa shape index (κ3) is 2.58. The number of hydrogen-bond acceptors (Lipinski definition) is 4. The van der Waals surface area contributed by atoms with Gasteiger partial charge in [0.2, 0.25) is 0 Å². The van der Waals surface area contributed by atoms with Gasteiger partial charge in [0.1, 0.15) is 11.4 Å². The molecule has 5 heteroatoms. The van der Waals surface area contributed by atoms with E-state index < -0.39 is 17.4 Å². The summed E-state index contributed by atoms with van der Waals surface area (Å²) in [6.45, 7) is 3.44. The number of halogens is 1. The molecule has 1 heterocycles. The van der Waals surface area contributed by atoms with Crippen LogP contribution in [-0.4, -0.2) is 18.9 Å². The second-order valence-corrected chi connectivity index (χ2v) is 6.12. The molecule has 0 amide bonds. The SMILES string of the molecule is COC(=O)C1(C)Oc2ccc(Cl)cc2C(C)(c2ccccc2)O1. The molecule has 2 atom stereocenters. The Kier molecular flexibility index (Phi) is 3.82. The van der Waals surface area contributed by atoms with Gasteiger partial charge < -0.3 is 14.2 Å². The minimum absolute atomic E-state index is 0.542. The van der Waals surface area contributed by atoms with Gasteiger partial charge >= 0.3 is 11.8 Å². The fourth-order valence-electron chi connectivity index (χ4n) is 2.88. The van der Waals surface area contributed by atoms with Crippen LogP contribution in [0.4, 0.5) is 0 Å². The number of ether oxygens (including phenoxy) is 3. The molecule has 0 N–H and O–H groups in total. The first-order valence-corrected chi connectivity index (χ1v) is 7.60. The molecule has 0 spiro atoms. The number of rotatable bonds is 2. The fraction of sp³-hybridized carbons (Fsp3) is 0.278. The monoisotopic (exact) mass is 332 g/mol. The summed E-state index contributed by atoms with van der Waals surface area (Å²) in [5, 5.41) is 0.569. The van der Waals surface area contributed by atoms with E-state index in [1.807, 2.05) is 37.3 Å². The minimum atomic E-state index is -1.54. The molecular weight excluding hydrogens is 316 g/mol. The zero-order valence-corrected chi connectivity index (χ0v) is 13.9. The molecule has 0 fully saturated rings. The molecule has 1 aliphatic rings. The van der Waals surface area contributed by atoms with Crippen LogP contribution in [0, 0.1) is 0 Å². The minimum Gasteiger partial charge on any atom is -0.464 e.